The van der Waals surface area contributed by atoms with Crippen LogP contribution in [0.2, 0.25) is 0 Å². The van der Waals surface area contributed by atoms with E-state index in [2.05, 4.69) is 218 Å². The number of methoxy groups -OCH3 is 7. The van der Waals surface area contributed by atoms with Crippen molar-refractivity contribution in [1.29, 1.82) is 0 Å². The van der Waals surface area contributed by atoms with Gasteiger partial charge in [-0.25, -0.2) is 33.6 Å². The first-order valence-electron chi connectivity index (χ1n) is 31.0. The van der Waals surface area contributed by atoms with Crippen LogP contribution in [0.15, 0.2) is 85.1 Å². The van der Waals surface area contributed by atoms with Gasteiger partial charge in [-0.1, -0.05) is 101 Å². The van der Waals surface area contributed by atoms with E-state index < -0.39 is 0 Å². The molecule has 4 fully saturated rings. The molecule has 0 saturated heterocycles. The molecule has 4 rings (SSSR count). The number of rotatable bonds is 7. The van der Waals surface area contributed by atoms with Gasteiger partial charge < -0.3 is 137 Å². The van der Waals surface area contributed by atoms with Crippen molar-refractivity contribution in [1.82, 2.24) is 0 Å². The third-order valence-corrected chi connectivity index (χ3v) is 19.1. The van der Waals surface area contributed by atoms with Gasteiger partial charge in [-0.2, -0.15) is 0 Å². The third-order valence-electron chi connectivity index (χ3n) is 19.1. The summed E-state index contributed by atoms with van der Waals surface area (Å²) < 4.78 is 29.9. The molecule has 0 aromatic rings. The zero-order valence-electron chi connectivity index (χ0n) is 78.9. The monoisotopic (exact) mass is 1660 g/mol. The molecule has 631 valence electrons. The molecule has 0 aromatic heterocycles. The van der Waals surface area contributed by atoms with Crippen LogP contribution >= 0.6 is 0 Å². The molecule has 3 radical (unpaired) electrons. The Kier molecular flexibility index (Phi) is 157. The SMILES string of the molecule is C=C(C)C(=O)OC.C=C(C)C(=O)OC.C=C(C)C(=O)OC.C=C(C)C(=O)OC.C=C(C)C(=O)OC.C=C(C)C(=O)OC.C=C(C)C(=O)OC.C[C+]1C(C)C(C)C(C)C1C.C[C+]1C(C)C(C)C(C)C1C.C[C+]1C(C)C(C)C(C)C1C.C[C+]1C(C)C(C)C(C)C1C.[CH3-].[CH3-].[CH3-].[CH3-].[CH3-].[CH3-].[CH3-].[CH3-].[CH3-].[CH3-].[CH3-].[CH3-].[CH3-].[CH3-].[Ti+3].[Ti+3].[Ti+3].[Ti]. The minimum Gasteiger partial charge on any atom is -0.466 e. The Bertz CT molecular complexity index is 1660. The van der Waals surface area contributed by atoms with Gasteiger partial charge >= 0.3 is 107 Å². The molecule has 0 heterocycles. The van der Waals surface area contributed by atoms with Crippen molar-refractivity contribution < 1.29 is 154 Å². The Morgan fingerprint density at radius 3 is 0.271 bits per heavy atom. The van der Waals surface area contributed by atoms with Crippen LogP contribution in [-0.4, -0.2) is 91.6 Å². The molecule has 0 spiro atoms. The standard InChI is InChI=1S/4C10H19.7C5H8O2.14CH3.4Ti/c4*1-6-7(2)9(4)10(5)8(6)3;7*1-4(2)5(6)7-3;;;;;;;;;;;;;;;;;;/h4*6-9H,1-5H3;7*1H2,2-3H3;14*1H3;;;;/q4*+1;;;;;;;;14*-1;;3*+3. The zero-order valence-corrected chi connectivity index (χ0v) is 85.1. The third kappa shape index (κ3) is 74.0. The van der Waals surface area contributed by atoms with Gasteiger partial charge in [0, 0.05) is 108 Å². The molecule has 14 nitrogen and oxygen atoms in total. The van der Waals surface area contributed by atoms with Crippen LogP contribution in [0, 0.1) is 222 Å². The number of hydrogen-bond acceptors (Lipinski definition) is 14. The van der Waals surface area contributed by atoms with E-state index in [1.54, 1.807) is 72.1 Å². The second-order valence-electron chi connectivity index (χ2n) is 25.1. The van der Waals surface area contributed by atoms with Gasteiger partial charge in [-0.05, 0) is 104 Å². The number of carbonyl (C=O) groups is 7. The van der Waals surface area contributed by atoms with Crippen molar-refractivity contribution >= 4 is 41.8 Å². The molecule has 18 heteroatoms. The van der Waals surface area contributed by atoms with Gasteiger partial charge in [0.1, 0.15) is 47.3 Å². The summed E-state index contributed by atoms with van der Waals surface area (Å²) in [5, 5.41) is 0. The van der Waals surface area contributed by atoms with Gasteiger partial charge in [-0.3, -0.25) is 0 Å². The van der Waals surface area contributed by atoms with Crippen LogP contribution in [0.1, 0.15) is 187 Å². The quantitative estimate of drug-likeness (QED) is 0.0771. The molecular formula is C89H174O14Ti4-. The van der Waals surface area contributed by atoms with Gasteiger partial charge in [-0.15, -0.1) is 0 Å². The molecule has 0 N–H and O–H groups in total. The summed E-state index contributed by atoms with van der Waals surface area (Å²) in [5.74, 6) is 18.4. The smallest absolute Gasteiger partial charge is 0.466 e. The number of hydrogen-bond donors (Lipinski definition) is 0. The average Bonchev–Trinajstić information content (AvgIpc) is 3.94. The maximum Gasteiger partial charge on any atom is 3.00 e. The summed E-state index contributed by atoms with van der Waals surface area (Å²) in [6.07, 6.45) is 0. The average molecular weight is 1660 g/mol. The summed E-state index contributed by atoms with van der Waals surface area (Å²) in [6.45, 7) is 81.8. The Morgan fingerprint density at radius 2 is 0.262 bits per heavy atom. The molecule has 0 aromatic carbocycles. The Morgan fingerprint density at radius 1 is 0.206 bits per heavy atom. The van der Waals surface area contributed by atoms with Gasteiger partial charge in [0.15, 0.2) is 0 Å². The Labute approximate surface area is 733 Å². The zero-order chi connectivity index (χ0) is 72.6. The van der Waals surface area contributed by atoms with Crippen LogP contribution in [0.5, 0.6) is 0 Å². The Hall–Kier alpha value is -3.19. The molecule has 0 bridgehead atoms. The Balaban J connectivity index is -0.0000000297. The van der Waals surface area contributed by atoms with E-state index in [4.69, 9.17) is 0 Å². The van der Waals surface area contributed by atoms with E-state index in [1.807, 2.05) is 0 Å². The van der Waals surface area contributed by atoms with Crippen molar-refractivity contribution in [3.63, 3.8) is 0 Å². The van der Waals surface area contributed by atoms with Crippen LogP contribution in [0.4, 0.5) is 0 Å². The van der Waals surface area contributed by atoms with Crippen molar-refractivity contribution in [3.8, 4) is 0 Å². The first-order chi connectivity index (χ1) is 40.5. The van der Waals surface area contributed by atoms with E-state index >= 15 is 0 Å². The largest absolute Gasteiger partial charge is 3.00 e. The first-order valence-corrected chi connectivity index (χ1v) is 31.0. The molecule has 16 atom stereocenters. The molecule has 4 saturated carbocycles. The molecule has 16 unspecified atom stereocenters. The fourth-order valence-electron chi connectivity index (χ4n) is 9.84. The molecule has 4 aliphatic carbocycles. The minimum absolute atomic E-state index is 0. The van der Waals surface area contributed by atoms with Crippen molar-refractivity contribution in [2.24, 2.45) is 94.7 Å². The maximum absolute atomic E-state index is 10.2. The predicted octanol–water partition coefficient (Wildman–Crippen LogP) is 24.0. The molecule has 0 aliphatic heterocycles. The second-order valence-corrected chi connectivity index (χ2v) is 25.1. The predicted molar refractivity (Wildman–Crippen MR) is 460 cm³/mol. The van der Waals surface area contributed by atoms with Crippen LogP contribution < -0.4 is 0 Å². The van der Waals surface area contributed by atoms with Crippen molar-refractivity contribution in [3.05, 3.63) is 213 Å². The molecular weight excluding hydrogens is 1480 g/mol. The van der Waals surface area contributed by atoms with Crippen LogP contribution in [0.3, 0.4) is 0 Å². The summed E-state index contributed by atoms with van der Waals surface area (Å²) in [7, 11) is 9.31. The maximum atomic E-state index is 10.2. The van der Waals surface area contributed by atoms with Gasteiger partial charge in [0.2, 0.25) is 0 Å². The molecule has 107 heavy (non-hydrogen) atoms. The van der Waals surface area contributed by atoms with E-state index in [9.17, 15) is 33.6 Å². The summed E-state index contributed by atoms with van der Waals surface area (Å²) in [4.78, 5) is 71.3. The van der Waals surface area contributed by atoms with Crippen LogP contribution in [-0.2, 0) is 154 Å². The number of carbonyl (C=O) groups excluding carboxylic acids is 7. The van der Waals surface area contributed by atoms with E-state index in [-0.39, 0.29) is 233 Å². The molecule has 4 aliphatic rings. The van der Waals surface area contributed by atoms with Crippen molar-refractivity contribution in [2.75, 3.05) is 49.8 Å². The summed E-state index contributed by atoms with van der Waals surface area (Å²) >= 11 is 0. The van der Waals surface area contributed by atoms with Crippen molar-refractivity contribution in [2.45, 2.75) is 187 Å². The number of esters is 7. The summed E-state index contributed by atoms with van der Waals surface area (Å²) in [6, 6.07) is 0. The number of ether oxygens (including phenoxy) is 7. The molecule has 0 amide bonds. The summed E-state index contributed by atoms with van der Waals surface area (Å²) in [5.41, 5.74) is 3.03. The van der Waals surface area contributed by atoms with E-state index in [0.717, 1.165) is 94.7 Å². The fraction of sp³-hybridized carbons (Fsp3) is 0.562. The fourth-order valence-corrected chi connectivity index (χ4v) is 9.84. The van der Waals surface area contributed by atoms with Gasteiger partial charge in [0.25, 0.3) is 0 Å². The first kappa shape index (κ1) is 177. The normalized spacial score (nSPS) is 21.6. The second kappa shape index (κ2) is 95.2. The van der Waals surface area contributed by atoms with Gasteiger partial charge in [0.05, 0.1) is 101 Å². The van der Waals surface area contributed by atoms with Crippen LogP contribution in [0.25, 0.3) is 0 Å². The minimum atomic E-state index is -0.347. The van der Waals surface area contributed by atoms with E-state index in [1.165, 1.54) is 49.8 Å². The van der Waals surface area contributed by atoms with E-state index in [0.29, 0.717) is 39.0 Å². The topological polar surface area (TPSA) is 184 Å².